The second-order valence-corrected chi connectivity index (χ2v) is 6.91. The van der Waals surface area contributed by atoms with Gasteiger partial charge in [-0.15, -0.1) is 0 Å². The normalized spacial score (nSPS) is 14.9. The van der Waals surface area contributed by atoms with E-state index in [0.29, 0.717) is 22.3 Å². The number of furan rings is 1. The Morgan fingerprint density at radius 1 is 1.30 bits per heavy atom. The third-order valence-electron chi connectivity index (χ3n) is 3.84. The number of nitrogens with one attached hydrogen (secondary N) is 1. The lowest BCUT2D eigenvalue weighted by molar-refractivity contribution is 0.0905. The predicted molar refractivity (Wildman–Crippen MR) is 91.9 cm³/mol. The molecule has 0 radical (unpaired) electrons. The molecule has 1 aromatic heterocycles. The Hall–Kier alpha value is -1.46. The van der Waals surface area contributed by atoms with Crippen LogP contribution in [0.3, 0.4) is 0 Å². The van der Waals surface area contributed by atoms with Crippen molar-refractivity contribution in [2.24, 2.45) is 0 Å². The van der Waals surface area contributed by atoms with E-state index in [9.17, 15) is 4.79 Å². The van der Waals surface area contributed by atoms with Crippen molar-refractivity contribution in [2.45, 2.75) is 38.3 Å². The molecule has 0 unspecified atom stereocenters. The van der Waals surface area contributed by atoms with Crippen molar-refractivity contribution in [3.8, 4) is 5.75 Å². The highest BCUT2D eigenvalue weighted by molar-refractivity contribution is 9.10. The van der Waals surface area contributed by atoms with E-state index in [2.05, 4.69) is 21.2 Å². The largest absolute Gasteiger partial charge is 0.484 e. The maximum absolute atomic E-state index is 12.1. The fourth-order valence-electron chi connectivity index (χ4n) is 2.65. The summed E-state index contributed by atoms with van der Waals surface area (Å²) in [6, 6.07) is 9.09. The molecule has 6 heteroatoms. The van der Waals surface area contributed by atoms with Crippen LogP contribution in [0.2, 0.25) is 5.02 Å². The first kappa shape index (κ1) is 16.4. The van der Waals surface area contributed by atoms with Gasteiger partial charge < -0.3 is 14.5 Å². The Kier molecular flexibility index (Phi) is 5.28. The number of ether oxygens (including phenoxy) is 1. The molecule has 0 aliphatic heterocycles. The molecule has 1 amide bonds. The van der Waals surface area contributed by atoms with Crippen molar-refractivity contribution in [1.82, 2.24) is 5.32 Å². The number of carbonyl (C=O) groups excluding carboxylic acids is 1. The van der Waals surface area contributed by atoms with Gasteiger partial charge in [-0.1, -0.05) is 40.4 Å². The highest BCUT2D eigenvalue weighted by atomic mass is 79.9. The zero-order chi connectivity index (χ0) is 16.2. The van der Waals surface area contributed by atoms with Gasteiger partial charge in [-0.2, -0.15) is 0 Å². The summed E-state index contributed by atoms with van der Waals surface area (Å²) in [7, 11) is 0. The van der Waals surface area contributed by atoms with Gasteiger partial charge in [0.15, 0.2) is 5.76 Å². The number of benzene rings is 1. The van der Waals surface area contributed by atoms with E-state index < -0.39 is 0 Å². The highest BCUT2D eigenvalue weighted by Crippen LogP contribution is 2.28. The average Bonchev–Trinajstić information content (AvgIpc) is 3.17. The first-order valence-electron chi connectivity index (χ1n) is 7.59. The quantitative estimate of drug-likeness (QED) is 0.775. The van der Waals surface area contributed by atoms with Crippen LogP contribution in [0.1, 0.15) is 42.0 Å². The van der Waals surface area contributed by atoms with Crippen molar-refractivity contribution >= 4 is 33.4 Å². The zero-order valence-electron chi connectivity index (χ0n) is 12.5. The second kappa shape index (κ2) is 7.41. The molecule has 23 heavy (non-hydrogen) atoms. The van der Waals surface area contributed by atoms with Crippen molar-refractivity contribution < 1.29 is 13.9 Å². The van der Waals surface area contributed by atoms with Crippen LogP contribution in [-0.4, -0.2) is 11.9 Å². The van der Waals surface area contributed by atoms with Crippen LogP contribution in [0.25, 0.3) is 0 Å². The van der Waals surface area contributed by atoms with Crippen LogP contribution >= 0.6 is 27.5 Å². The minimum atomic E-state index is -0.162. The van der Waals surface area contributed by atoms with E-state index in [1.165, 1.54) is 12.8 Å². The Morgan fingerprint density at radius 2 is 2.09 bits per heavy atom. The van der Waals surface area contributed by atoms with E-state index >= 15 is 0 Å². The molecule has 0 spiro atoms. The van der Waals surface area contributed by atoms with Gasteiger partial charge in [-0.25, -0.2) is 0 Å². The van der Waals surface area contributed by atoms with Gasteiger partial charge in [0.1, 0.15) is 18.1 Å². The van der Waals surface area contributed by atoms with Gasteiger partial charge in [-0.3, -0.25) is 4.79 Å². The zero-order valence-corrected chi connectivity index (χ0v) is 14.8. The molecule has 4 nitrogen and oxygen atoms in total. The van der Waals surface area contributed by atoms with Crippen molar-refractivity contribution in [1.29, 1.82) is 0 Å². The Balaban J connectivity index is 1.57. The third kappa shape index (κ3) is 4.30. The van der Waals surface area contributed by atoms with Crippen molar-refractivity contribution in [3.05, 3.63) is 51.3 Å². The molecule has 1 heterocycles. The molecule has 0 atom stereocenters. The minimum Gasteiger partial charge on any atom is -0.484 e. The topological polar surface area (TPSA) is 51.5 Å². The van der Waals surface area contributed by atoms with Crippen molar-refractivity contribution in [2.75, 3.05) is 0 Å². The van der Waals surface area contributed by atoms with E-state index in [4.69, 9.17) is 20.8 Å². The lowest BCUT2D eigenvalue weighted by Gasteiger charge is -2.10. The molecule has 0 bridgehead atoms. The minimum absolute atomic E-state index is 0.162. The van der Waals surface area contributed by atoms with Crippen LogP contribution in [-0.2, 0) is 6.61 Å². The molecule has 1 fully saturated rings. The number of carbonyl (C=O) groups is 1. The third-order valence-corrected chi connectivity index (χ3v) is 4.63. The molecule has 1 N–H and O–H groups in total. The number of hydrogen-bond acceptors (Lipinski definition) is 3. The summed E-state index contributed by atoms with van der Waals surface area (Å²) in [6.07, 6.45) is 4.45. The van der Waals surface area contributed by atoms with E-state index in [-0.39, 0.29) is 18.6 Å². The van der Waals surface area contributed by atoms with E-state index in [0.717, 1.165) is 17.3 Å². The number of hydrogen-bond donors (Lipinski definition) is 1. The first-order valence-corrected chi connectivity index (χ1v) is 8.76. The van der Waals surface area contributed by atoms with Crippen molar-refractivity contribution in [3.63, 3.8) is 0 Å². The lowest BCUT2D eigenvalue weighted by Crippen LogP contribution is -2.32. The lowest BCUT2D eigenvalue weighted by atomic mass is 10.2. The smallest absolute Gasteiger partial charge is 0.287 e. The predicted octanol–water partition coefficient (Wildman–Crippen LogP) is 4.95. The fourth-order valence-corrected chi connectivity index (χ4v) is 3.37. The van der Waals surface area contributed by atoms with Crippen LogP contribution in [0.5, 0.6) is 5.75 Å². The molecule has 2 aromatic rings. The van der Waals surface area contributed by atoms with Gasteiger partial charge in [0.2, 0.25) is 0 Å². The van der Waals surface area contributed by atoms with Crippen LogP contribution in [0.15, 0.2) is 39.2 Å². The first-order chi connectivity index (χ1) is 11.1. The molecule has 1 aliphatic rings. The summed E-state index contributed by atoms with van der Waals surface area (Å²) in [4.78, 5) is 12.1. The van der Waals surface area contributed by atoms with Gasteiger partial charge in [0.05, 0.1) is 5.02 Å². The summed E-state index contributed by atoms with van der Waals surface area (Å²) in [5, 5.41) is 3.52. The molecular weight excluding hydrogens is 382 g/mol. The Bertz CT molecular complexity index is 695. The molecular formula is C17H17BrClNO3. The average molecular weight is 399 g/mol. The molecule has 0 saturated heterocycles. The summed E-state index contributed by atoms with van der Waals surface area (Å²) >= 11 is 9.44. The van der Waals surface area contributed by atoms with E-state index in [1.54, 1.807) is 24.3 Å². The number of amides is 1. The Labute approximate surface area is 148 Å². The maximum atomic E-state index is 12.1. The van der Waals surface area contributed by atoms with Crippen LogP contribution in [0.4, 0.5) is 0 Å². The Morgan fingerprint density at radius 3 is 2.83 bits per heavy atom. The van der Waals surface area contributed by atoms with Crippen LogP contribution < -0.4 is 10.1 Å². The molecule has 1 aromatic carbocycles. The van der Waals surface area contributed by atoms with Gasteiger partial charge >= 0.3 is 0 Å². The van der Waals surface area contributed by atoms with Gasteiger partial charge in [0.25, 0.3) is 5.91 Å². The summed E-state index contributed by atoms with van der Waals surface area (Å²) in [5.41, 5.74) is 0. The summed E-state index contributed by atoms with van der Waals surface area (Å²) < 4.78 is 12.1. The molecule has 3 rings (SSSR count). The molecule has 1 aliphatic carbocycles. The SMILES string of the molecule is O=C(NC1CCCC1)c1ccc(COc2ccc(Br)cc2Cl)o1. The van der Waals surface area contributed by atoms with Crippen LogP contribution in [0, 0.1) is 0 Å². The number of halogens is 2. The number of rotatable bonds is 5. The van der Waals surface area contributed by atoms with E-state index in [1.807, 2.05) is 6.07 Å². The summed E-state index contributed by atoms with van der Waals surface area (Å²) in [6.45, 7) is 0.220. The second-order valence-electron chi connectivity index (χ2n) is 5.58. The fraction of sp³-hybridized carbons (Fsp3) is 0.353. The highest BCUT2D eigenvalue weighted by Gasteiger charge is 2.20. The molecule has 1 saturated carbocycles. The standard InChI is InChI=1S/C17H17BrClNO3/c18-11-5-7-15(14(19)9-11)22-10-13-6-8-16(23-13)17(21)20-12-3-1-2-4-12/h5-9,12H,1-4,10H2,(H,20,21). The maximum Gasteiger partial charge on any atom is 0.287 e. The van der Waals surface area contributed by atoms with Gasteiger partial charge in [-0.05, 0) is 43.2 Å². The molecule has 122 valence electrons. The monoisotopic (exact) mass is 397 g/mol. The van der Waals surface area contributed by atoms with Gasteiger partial charge in [0, 0.05) is 10.5 Å². The summed E-state index contributed by atoms with van der Waals surface area (Å²) in [5.74, 6) is 1.31.